The van der Waals surface area contributed by atoms with Crippen molar-refractivity contribution >= 4 is 0 Å². The first kappa shape index (κ1) is 17.3. The van der Waals surface area contributed by atoms with Gasteiger partial charge in [-0.1, -0.05) is 19.1 Å². The van der Waals surface area contributed by atoms with Gasteiger partial charge in [0.25, 0.3) is 0 Å². The van der Waals surface area contributed by atoms with Crippen LogP contribution < -0.4 is 10.1 Å². The van der Waals surface area contributed by atoms with E-state index in [-0.39, 0.29) is 0 Å². The maximum absolute atomic E-state index is 10.2. The maximum atomic E-state index is 10.2. The molecule has 0 spiro atoms. The maximum Gasteiger partial charge on any atom is 0.125 e. The Hall–Kier alpha value is -1.06. The Balaban J connectivity index is 1.76. The molecule has 0 heterocycles. The van der Waals surface area contributed by atoms with Crippen LogP contribution in [0.3, 0.4) is 0 Å². The van der Waals surface area contributed by atoms with Crippen LogP contribution in [0.5, 0.6) is 5.75 Å². The van der Waals surface area contributed by atoms with E-state index >= 15 is 0 Å². The topological polar surface area (TPSA) is 41.5 Å². The SMILES string of the molecule is Cc1ccc(C)c(OCC(O)CNC2CCC(C)CC2)c1C. The lowest BCUT2D eigenvalue weighted by molar-refractivity contribution is 0.100. The molecular weight excluding hydrogens is 274 g/mol. The summed E-state index contributed by atoms with van der Waals surface area (Å²) < 4.78 is 5.88. The van der Waals surface area contributed by atoms with E-state index in [1.165, 1.54) is 36.8 Å². The number of hydrogen-bond donors (Lipinski definition) is 2. The van der Waals surface area contributed by atoms with Crippen LogP contribution in [0.4, 0.5) is 0 Å². The summed E-state index contributed by atoms with van der Waals surface area (Å²) in [7, 11) is 0. The van der Waals surface area contributed by atoms with Gasteiger partial charge in [0.15, 0.2) is 0 Å². The van der Waals surface area contributed by atoms with Crippen molar-refractivity contribution in [3.8, 4) is 5.75 Å². The monoisotopic (exact) mass is 305 g/mol. The molecular formula is C19H31NO2. The van der Waals surface area contributed by atoms with Crippen molar-refractivity contribution in [1.82, 2.24) is 5.32 Å². The number of aryl methyl sites for hydroxylation is 2. The molecule has 124 valence electrons. The van der Waals surface area contributed by atoms with E-state index in [2.05, 4.69) is 45.1 Å². The van der Waals surface area contributed by atoms with Gasteiger partial charge in [0, 0.05) is 12.6 Å². The van der Waals surface area contributed by atoms with E-state index in [9.17, 15) is 5.11 Å². The van der Waals surface area contributed by atoms with Gasteiger partial charge >= 0.3 is 0 Å². The molecule has 1 aromatic rings. The molecule has 0 saturated heterocycles. The van der Waals surface area contributed by atoms with E-state index < -0.39 is 6.10 Å². The number of nitrogens with one attached hydrogen (secondary N) is 1. The Morgan fingerprint density at radius 3 is 2.45 bits per heavy atom. The molecule has 1 aromatic carbocycles. The van der Waals surface area contributed by atoms with Crippen molar-refractivity contribution in [1.29, 1.82) is 0 Å². The zero-order chi connectivity index (χ0) is 16.1. The molecule has 3 nitrogen and oxygen atoms in total. The standard InChI is InChI=1S/C19H31NO2/c1-13-5-9-17(10-6-13)20-11-18(21)12-22-19-15(3)8-7-14(2)16(19)4/h7-8,13,17-18,20-21H,5-6,9-12H2,1-4H3. The van der Waals surface area contributed by atoms with Crippen molar-refractivity contribution in [3.63, 3.8) is 0 Å². The molecule has 1 fully saturated rings. The normalized spacial score (nSPS) is 23.3. The van der Waals surface area contributed by atoms with Gasteiger partial charge in [0.1, 0.15) is 18.5 Å². The molecule has 3 heteroatoms. The molecule has 2 N–H and O–H groups in total. The highest BCUT2D eigenvalue weighted by Gasteiger charge is 2.18. The minimum Gasteiger partial charge on any atom is -0.490 e. The Morgan fingerprint density at radius 1 is 1.14 bits per heavy atom. The third-order valence-electron chi connectivity index (χ3n) is 4.95. The summed E-state index contributed by atoms with van der Waals surface area (Å²) in [6.07, 6.45) is 4.59. The summed E-state index contributed by atoms with van der Waals surface area (Å²) in [5.74, 6) is 1.78. The quantitative estimate of drug-likeness (QED) is 0.845. The zero-order valence-corrected chi connectivity index (χ0v) is 14.5. The molecule has 1 aliphatic carbocycles. The highest BCUT2D eigenvalue weighted by Crippen LogP contribution is 2.26. The summed E-state index contributed by atoms with van der Waals surface area (Å²) in [5.41, 5.74) is 3.52. The summed E-state index contributed by atoms with van der Waals surface area (Å²) >= 11 is 0. The van der Waals surface area contributed by atoms with Crippen LogP contribution in [0.1, 0.15) is 49.3 Å². The Kier molecular flexibility index (Phi) is 6.27. The van der Waals surface area contributed by atoms with Crippen molar-refractivity contribution in [3.05, 3.63) is 28.8 Å². The number of aliphatic hydroxyl groups is 1. The highest BCUT2D eigenvalue weighted by molar-refractivity contribution is 5.44. The second-order valence-electron chi connectivity index (χ2n) is 6.98. The molecule has 0 aliphatic heterocycles. The van der Waals surface area contributed by atoms with Crippen molar-refractivity contribution in [2.45, 2.75) is 65.5 Å². The molecule has 1 unspecified atom stereocenters. The van der Waals surface area contributed by atoms with Gasteiger partial charge in [-0.25, -0.2) is 0 Å². The highest BCUT2D eigenvalue weighted by atomic mass is 16.5. The molecule has 1 atom stereocenters. The number of ether oxygens (including phenoxy) is 1. The van der Waals surface area contributed by atoms with Crippen LogP contribution in [0.25, 0.3) is 0 Å². The second kappa shape index (κ2) is 7.98. The van der Waals surface area contributed by atoms with Crippen LogP contribution in [0, 0.1) is 26.7 Å². The van der Waals surface area contributed by atoms with Gasteiger partial charge in [0.2, 0.25) is 0 Å². The minimum atomic E-state index is -0.460. The number of rotatable bonds is 6. The van der Waals surface area contributed by atoms with Gasteiger partial charge in [0.05, 0.1) is 0 Å². The molecule has 1 saturated carbocycles. The van der Waals surface area contributed by atoms with Crippen molar-refractivity contribution in [2.24, 2.45) is 5.92 Å². The third kappa shape index (κ3) is 4.72. The molecule has 1 aliphatic rings. The third-order valence-corrected chi connectivity index (χ3v) is 4.95. The van der Waals surface area contributed by atoms with E-state index in [0.717, 1.165) is 17.2 Å². The molecule has 22 heavy (non-hydrogen) atoms. The van der Waals surface area contributed by atoms with Gasteiger partial charge in [-0.15, -0.1) is 0 Å². The first-order valence-electron chi connectivity index (χ1n) is 8.58. The largest absolute Gasteiger partial charge is 0.490 e. The summed E-state index contributed by atoms with van der Waals surface area (Å²) in [4.78, 5) is 0. The van der Waals surface area contributed by atoms with Crippen LogP contribution in [-0.4, -0.2) is 30.4 Å². The Labute approximate surface area is 135 Å². The lowest BCUT2D eigenvalue weighted by Crippen LogP contribution is -2.39. The number of aliphatic hydroxyl groups excluding tert-OH is 1. The molecule has 0 bridgehead atoms. The van der Waals surface area contributed by atoms with Gasteiger partial charge in [-0.3, -0.25) is 0 Å². The molecule has 0 radical (unpaired) electrons. The average molecular weight is 305 g/mol. The van der Waals surface area contributed by atoms with Crippen LogP contribution in [0.2, 0.25) is 0 Å². The molecule has 2 rings (SSSR count). The van der Waals surface area contributed by atoms with Crippen LogP contribution >= 0.6 is 0 Å². The van der Waals surface area contributed by atoms with E-state index in [0.29, 0.717) is 19.2 Å². The van der Waals surface area contributed by atoms with E-state index in [1.54, 1.807) is 0 Å². The first-order valence-corrected chi connectivity index (χ1v) is 8.58. The van der Waals surface area contributed by atoms with Gasteiger partial charge in [-0.2, -0.15) is 0 Å². The van der Waals surface area contributed by atoms with E-state index in [1.807, 2.05) is 0 Å². The van der Waals surface area contributed by atoms with Gasteiger partial charge in [-0.05, 0) is 69.1 Å². The minimum absolute atomic E-state index is 0.348. The Morgan fingerprint density at radius 2 is 1.77 bits per heavy atom. The number of benzene rings is 1. The average Bonchev–Trinajstić information content (AvgIpc) is 2.50. The second-order valence-corrected chi connectivity index (χ2v) is 6.98. The fourth-order valence-corrected chi connectivity index (χ4v) is 3.15. The summed E-state index contributed by atoms with van der Waals surface area (Å²) in [5, 5.41) is 13.6. The zero-order valence-electron chi connectivity index (χ0n) is 14.5. The predicted molar refractivity (Wildman–Crippen MR) is 91.6 cm³/mol. The fourth-order valence-electron chi connectivity index (χ4n) is 3.15. The summed E-state index contributed by atoms with van der Waals surface area (Å²) in [6.45, 7) is 9.50. The lowest BCUT2D eigenvalue weighted by Gasteiger charge is -2.28. The van der Waals surface area contributed by atoms with Crippen LogP contribution in [-0.2, 0) is 0 Å². The molecule has 0 aromatic heterocycles. The smallest absolute Gasteiger partial charge is 0.125 e. The van der Waals surface area contributed by atoms with Crippen LogP contribution in [0.15, 0.2) is 12.1 Å². The Bertz CT molecular complexity index is 479. The fraction of sp³-hybridized carbons (Fsp3) is 0.684. The van der Waals surface area contributed by atoms with Crippen molar-refractivity contribution in [2.75, 3.05) is 13.2 Å². The van der Waals surface area contributed by atoms with E-state index in [4.69, 9.17) is 4.74 Å². The predicted octanol–water partition coefficient (Wildman–Crippen LogP) is 3.52. The first-order chi connectivity index (χ1) is 10.5. The van der Waals surface area contributed by atoms with Crippen molar-refractivity contribution < 1.29 is 9.84 Å². The van der Waals surface area contributed by atoms with Gasteiger partial charge < -0.3 is 15.2 Å². The lowest BCUT2D eigenvalue weighted by atomic mass is 9.87. The molecule has 0 amide bonds. The summed E-state index contributed by atoms with van der Waals surface area (Å²) in [6, 6.07) is 4.75. The number of hydrogen-bond acceptors (Lipinski definition) is 3.